The Morgan fingerprint density at radius 1 is 0.868 bits per heavy atom. The summed E-state index contributed by atoms with van der Waals surface area (Å²) in [6.45, 7) is 9.65. The molecule has 0 aliphatic rings. The summed E-state index contributed by atoms with van der Waals surface area (Å²) in [5, 5.41) is 2.86. The van der Waals surface area contributed by atoms with Crippen LogP contribution in [0.15, 0.2) is 77.7 Å². The van der Waals surface area contributed by atoms with Gasteiger partial charge in [-0.15, -0.1) is 0 Å². The van der Waals surface area contributed by atoms with Crippen molar-refractivity contribution in [2.45, 2.75) is 58.5 Å². The van der Waals surface area contributed by atoms with Crippen LogP contribution in [0.3, 0.4) is 0 Å². The Balaban J connectivity index is 2.04. The van der Waals surface area contributed by atoms with E-state index in [-0.39, 0.29) is 17.3 Å². The van der Waals surface area contributed by atoms with Gasteiger partial charge >= 0.3 is 0 Å². The largest absolute Gasteiger partial charge is 0.354 e. The second-order valence-electron chi connectivity index (χ2n) is 9.51. The summed E-state index contributed by atoms with van der Waals surface area (Å²) in [6.07, 6.45) is 0.764. The second-order valence-corrected chi connectivity index (χ2v) is 11.4. The molecule has 0 radical (unpaired) electrons. The quantitative estimate of drug-likeness (QED) is 0.384. The Morgan fingerprint density at radius 3 is 2.16 bits per heavy atom. The molecule has 202 valence electrons. The molecule has 8 heteroatoms. The third-order valence-electron chi connectivity index (χ3n) is 6.71. The minimum absolute atomic E-state index is 0.0882. The monoisotopic (exact) mass is 535 g/mol. The molecule has 0 aromatic heterocycles. The molecule has 3 rings (SSSR count). The fourth-order valence-corrected chi connectivity index (χ4v) is 5.51. The maximum absolute atomic E-state index is 13.9. The highest BCUT2D eigenvalue weighted by molar-refractivity contribution is 7.92. The van der Waals surface area contributed by atoms with Crippen LogP contribution in [0.4, 0.5) is 5.69 Å². The first kappa shape index (κ1) is 28.9. The number of rotatable bonds is 11. The van der Waals surface area contributed by atoms with E-state index < -0.39 is 28.5 Å². The number of benzene rings is 3. The van der Waals surface area contributed by atoms with Crippen molar-refractivity contribution in [3.05, 3.63) is 95.1 Å². The molecular formula is C30H37N3O4S. The first-order chi connectivity index (χ1) is 18.1. The van der Waals surface area contributed by atoms with Crippen molar-refractivity contribution in [2.24, 2.45) is 0 Å². The molecule has 2 amide bonds. The zero-order valence-corrected chi connectivity index (χ0v) is 23.6. The van der Waals surface area contributed by atoms with E-state index in [1.54, 1.807) is 37.3 Å². The van der Waals surface area contributed by atoms with Gasteiger partial charge in [0.05, 0.1) is 10.6 Å². The van der Waals surface area contributed by atoms with Gasteiger partial charge in [-0.05, 0) is 80.6 Å². The van der Waals surface area contributed by atoms with E-state index in [1.165, 1.54) is 17.0 Å². The van der Waals surface area contributed by atoms with Gasteiger partial charge in [-0.3, -0.25) is 13.9 Å². The van der Waals surface area contributed by atoms with Crippen molar-refractivity contribution in [3.63, 3.8) is 0 Å². The van der Waals surface area contributed by atoms with Crippen LogP contribution < -0.4 is 9.62 Å². The summed E-state index contributed by atoms with van der Waals surface area (Å²) in [5.74, 6) is -0.748. The lowest BCUT2D eigenvalue weighted by Gasteiger charge is -2.32. The number of anilines is 1. The molecule has 3 aromatic carbocycles. The average Bonchev–Trinajstić information content (AvgIpc) is 2.91. The molecule has 1 atom stereocenters. The number of carbonyl (C=O) groups is 2. The van der Waals surface area contributed by atoms with Gasteiger partial charge in [0, 0.05) is 13.1 Å². The highest BCUT2D eigenvalue weighted by Crippen LogP contribution is 2.26. The number of aryl methyl sites for hydroxylation is 3. The summed E-state index contributed by atoms with van der Waals surface area (Å²) in [7, 11) is -4.07. The number of hydrogen-bond acceptors (Lipinski definition) is 4. The van der Waals surface area contributed by atoms with E-state index in [4.69, 9.17) is 0 Å². The van der Waals surface area contributed by atoms with Gasteiger partial charge in [0.2, 0.25) is 11.8 Å². The summed E-state index contributed by atoms with van der Waals surface area (Å²) >= 11 is 0. The third-order valence-corrected chi connectivity index (χ3v) is 8.50. The fourth-order valence-electron chi connectivity index (χ4n) is 4.08. The highest BCUT2D eigenvalue weighted by Gasteiger charge is 2.32. The lowest BCUT2D eigenvalue weighted by molar-refractivity contribution is -0.139. The lowest BCUT2D eigenvalue weighted by atomic mass is 10.1. The van der Waals surface area contributed by atoms with Crippen LogP contribution in [-0.4, -0.2) is 44.3 Å². The maximum Gasteiger partial charge on any atom is 0.264 e. The number of sulfonamides is 1. The zero-order valence-electron chi connectivity index (χ0n) is 22.8. The smallest absolute Gasteiger partial charge is 0.264 e. The Bertz CT molecular complexity index is 1370. The van der Waals surface area contributed by atoms with Crippen molar-refractivity contribution in [1.29, 1.82) is 0 Å². The Labute approximate surface area is 226 Å². The van der Waals surface area contributed by atoms with E-state index in [9.17, 15) is 18.0 Å². The zero-order chi connectivity index (χ0) is 27.9. The van der Waals surface area contributed by atoms with Crippen molar-refractivity contribution in [1.82, 2.24) is 10.2 Å². The molecule has 1 N–H and O–H groups in total. The normalized spacial score (nSPS) is 12.0. The van der Waals surface area contributed by atoms with Crippen molar-refractivity contribution in [2.75, 3.05) is 17.4 Å². The summed E-state index contributed by atoms with van der Waals surface area (Å²) in [4.78, 5) is 28.4. The minimum Gasteiger partial charge on any atom is -0.354 e. The topological polar surface area (TPSA) is 86.8 Å². The van der Waals surface area contributed by atoms with Crippen molar-refractivity contribution in [3.8, 4) is 0 Å². The fraction of sp³-hybridized carbons (Fsp3) is 0.333. The van der Waals surface area contributed by atoms with E-state index in [0.29, 0.717) is 12.2 Å². The van der Waals surface area contributed by atoms with Crippen LogP contribution >= 0.6 is 0 Å². The van der Waals surface area contributed by atoms with Gasteiger partial charge in [0.1, 0.15) is 12.6 Å². The lowest BCUT2D eigenvalue weighted by Crippen LogP contribution is -2.51. The third kappa shape index (κ3) is 6.81. The van der Waals surface area contributed by atoms with E-state index >= 15 is 0 Å². The van der Waals surface area contributed by atoms with Gasteiger partial charge < -0.3 is 10.2 Å². The standard InChI is InChI=1S/C30H37N3O4S/c1-6-18-31-30(35)25(5)32(20-26-13-11-10-12-23(26)3)29(34)21-33(27-17-16-22(2)24(4)19-27)38(36,37)28-14-8-7-9-15-28/h7-17,19,25H,6,18,20-21H2,1-5H3,(H,31,35)/t25-/m1/s1. The maximum atomic E-state index is 13.9. The molecule has 7 nitrogen and oxygen atoms in total. The van der Waals surface area contributed by atoms with Crippen molar-refractivity contribution < 1.29 is 18.0 Å². The molecule has 0 spiro atoms. The molecule has 3 aromatic rings. The first-order valence-electron chi connectivity index (χ1n) is 12.8. The van der Waals surface area contributed by atoms with Gasteiger partial charge in [-0.2, -0.15) is 0 Å². The van der Waals surface area contributed by atoms with Crippen LogP contribution in [0.5, 0.6) is 0 Å². The molecule has 0 unspecified atom stereocenters. The summed E-state index contributed by atoms with van der Waals surface area (Å²) < 4.78 is 28.8. The van der Waals surface area contributed by atoms with Crippen LogP contribution in [0.25, 0.3) is 0 Å². The SMILES string of the molecule is CCCNC(=O)[C@@H](C)N(Cc1ccccc1C)C(=O)CN(c1ccc(C)c(C)c1)S(=O)(=O)c1ccccc1. The summed E-state index contributed by atoms with van der Waals surface area (Å²) in [5.41, 5.74) is 4.19. The minimum atomic E-state index is -4.07. The van der Waals surface area contributed by atoms with Crippen LogP contribution in [-0.2, 0) is 26.2 Å². The number of carbonyl (C=O) groups excluding carboxylic acids is 2. The van der Waals surface area contributed by atoms with E-state index in [2.05, 4.69) is 5.32 Å². The van der Waals surface area contributed by atoms with Crippen LogP contribution in [0.1, 0.15) is 42.5 Å². The molecule has 0 aliphatic heterocycles. The predicted octanol–water partition coefficient (Wildman–Crippen LogP) is 4.75. The number of nitrogens with one attached hydrogen (secondary N) is 1. The second kappa shape index (κ2) is 12.7. The number of hydrogen-bond donors (Lipinski definition) is 1. The number of nitrogens with zero attached hydrogens (tertiary/aromatic N) is 2. The average molecular weight is 536 g/mol. The molecule has 0 fully saturated rings. The van der Waals surface area contributed by atoms with Gasteiger partial charge in [-0.1, -0.05) is 55.5 Å². The van der Waals surface area contributed by atoms with Gasteiger partial charge in [0.15, 0.2) is 0 Å². The molecular weight excluding hydrogens is 498 g/mol. The molecule has 0 heterocycles. The Morgan fingerprint density at radius 2 is 1.53 bits per heavy atom. The highest BCUT2D eigenvalue weighted by atomic mass is 32.2. The molecule has 38 heavy (non-hydrogen) atoms. The van der Waals surface area contributed by atoms with Gasteiger partial charge in [0.25, 0.3) is 10.0 Å². The van der Waals surface area contributed by atoms with E-state index in [0.717, 1.165) is 33.0 Å². The summed E-state index contributed by atoms with van der Waals surface area (Å²) in [6, 6.07) is 20.2. The predicted molar refractivity (Wildman–Crippen MR) is 151 cm³/mol. The molecule has 0 aliphatic carbocycles. The van der Waals surface area contributed by atoms with Crippen LogP contribution in [0, 0.1) is 20.8 Å². The Hall–Kier alpha value is -3.65. The molecule has 0 saturated heterocycles. The Kier molecular flexibility index (Phi) is 9.69. The molecule has 0 bridgehead atoms. The molecule has 0 saturated carbocycles. The van der Waals surface area contributed by atoms with Gasteiger partial charge in [-0.25, -0.2) is 8.42 Å². The van der Waals surface area contributed by atoms with Crippen LogP contribution in [0.2, 0.25) is 0 Å². The first-order valence-corrected chi connectivity index (χ1v) is 14.3. The van der Waals surface area contributed by atoms with E-state index in [1.807, 2.05) is 58.0 Å². The number of amides is 2. The van der Waals surface area contributed by atoms with Crippen molar-refractivity contribution >= 4 is 27.5 Å².